The van der Waals surface area contributed by atoms with Gasteiger partial charge in [0.15, 0.2) is 0 Å². The summed E-state index contributed by atoms with van der Waals surface area (Å²) in [6.07, 6.45) is 3.96. The smallest absolute Gasteiger partial charge is 0.264 e. The van der Waals surface area contributed by atoms with E-state index in [-0.39, 0.29) is 23.4 Å². The molecule has 0 saturated heterocycles. The Hall–Kier alpha value is -3.37. The van der Waals surface area contributed by atoms with Crippen LogP contribution in [0.3, 0.4) is 0 Å². The number of sulfonamides is 1. The Labute approximate surface area is 250 Å². The van der Waals surface area contributed by atoms with Crippen LogP contribution in [0, 0.1) is 0 Å². The third kappa shape index (κ3) is 7.89. The van der Waals surface area contributed by atoms with Gasteiger partial charge >= 0.3 is 0 Å². The van der Waals surface area contributed by atoms with Gasteiger partial charge in [-0.25, -0.2) is 8.42 Å². The highest BCUT2D eigenvalue weighted by atomic mass is 79.9. The van der Waals surface area contributed by atoms with Crippen LogP contribution in [-0.2, 0) is 26.2 Å². The molecule has 0 spiro atoms. The van der Waals surface area contributed by atoms with Crippen LogP contribution in [0.4, 0.5) is 5.69 Å². The highest BCUT2D eigenvalue weighted by molar-refractivity contribution is 9.10. The Morgan fingerprint density at radius 1 is 0.976 bits per heavy atom. The molecule has 1 saturated carbocycles. The highest BCUT2D eigenvalue weighted by Crippen LogP contribution is 2.27. The predicted molar refractivity (Wildman–Crippen MR) is 163 cm³/mol. The number of hydrogen-bond donors (Lipinski definition) is 1. The lowest BCUT2D eigenvalue weighted by Gasteiger charge is -2.32. The van der Waals surface area contributed by atoms with Crippen LogP contribution in [0.25, 0.3) is 0 Å². The maximum atomic E-state index is 14.0. The Morgan fingerprint density at radius 2 is 1.61 bits per heavy atom. The van der Waals surface area contributed by atoms with Crippen LogP contribution in [0.15, 0.2) is 88.2 Å². The molecule has 0 heterocycles. The molecule has 2 amide bonds. The van der Waals surface area contributed by atoms with Gasteiger partial charge in [0.2, 0.25) is 11.8 Å². The van der Waals surface area contributed by atoms with E-state index in [9.17, 15) is 18.0 Å². The van der Waals surface area contributed by atoms with Gasteiger partial charge < -0.3 is 15.0 Å². The second-order valence-electron chi connectivity index (χ2n) is 10.1. The summed E-state index contributed by atoms with van der Waals surface area (Å²) in [4.78, 5) is 28.9. The standard InChI is InChI=1S/C31H36BrN3O5S/c1-3-40-28-19-17-27(18-20-28)35(41(38,39)29-11-5-4-6-12-29)22-30(36)34(21-24-13-15-25(32)16-14-24)23(2)31(37)33-26-9-7-8-10-26/h4-6,11-20,23,26H,3,7-10,21-22H2,1-2H3,(H,33,37). The van der Waals surface area contributed by atoms with Crippen molar-refractivity contribution in [2.24, 2.45) is 0 Å². The molecular weight excluding hydrogens is 606 g/mol. The molecule has 3 aromatic carbocycles. The number of nitrogens with one attached hydrogen (secondary N) is 1. The third-order valence-electron chi connectivity index (χ3n) is 7.18. The zero-order valence-electron chi connectivity index (χ0n) is 23.3. The first-order valence-corrected chi connectivity index (χ1v) is 16.1. The van der Waals surface area contributed by atoms with E-state index in [0.29, 0.717) is 18.0 Å². The quantitative estimate of drug-likeness (QED) is 0.281. The molecule has 10 heteroatoms. The maximum Gasteiger partial charge on any atom is 0.264 e. The molecule has 0 aliphatic heterocycles. The fourth-order valence-electron chi connectivity index (χ4n) is 4.88. The molecule has 1 aliphatic carbocycles. The fourth-order valence-corrected chi connectivity index (χ4v) is 6.58. The van der Waals surface area contributed by atoms with E-state index in [4.69, 9.17) is 4.74 Å². The lowest BCUT2D eigenvalue weighted by molar-refractivity contribution is -0.139. The number of carbonyl (C=O) groups excluding carboxylic acids is 2. The Morgan fingerprint density at radius 3 is 2.22 bits per heavy atom. The van der Waals surface area contributed by atoms with Gasteiger partial charge in [-0.1, -0.05) is 59.1 Å². The van der Waals surface area contributed by atoms with Gasteiger partial charge in [-0.2, -0.15) is 0 Å². The summed E-state index contributed by atoms with van der Waals surface area (Å²) in [6.45, 7) is 3.68. The van der Waals surface area contributed by atoms with Crippen LogP contribution in [-0.4, -0.2) is 50.4 Å². The van der Waals surface area contributed by atoms with Gasteiger partial charge in [0.05, 0.1) is 17.2 Å². The largest absolute Gasteiger partial charge is 0.494 e. The van der Waals surface area contributed by atoms with Gasteiger partial charge in [0.1, 0.15) is 18.3 Å². The number of nitrogens with zero attached hydrogens (tertiary/aromatic N) is 2. The monoisotopic (exact) mass is 641 g/mol. The van der Waals surface area contributed by atoms with E-state index in [1.165, 1.54) is 17.0 Å². The number of ether oxygens (including phenoxy) is 1. The molecule has 1 N–H and O–H groups in total. The van der Waals surface area contributed by atoms with Crippen LogP contribution < -0.4 is 14.4 Å². The molecule has 0 radical (unpaired) electrons. The molecule has 0 aromatic heterocycles. The molecule has 0 bridgehead atoms. The number of hydrogen-bond acceptors (Lipinski definition) is 5. The Balaban J connectivity index is 1.67. The molecule has 1 fully saturated rings. The van der Waals surface area contributed by atoms with Crippen LogP contribution in [0.5, 0.6) is 5.75 Å². The molecular formula is C31H36BrN3O5S. The van der Waals surface area contributed by atoms with Crippen LogP contribution in [0.2, 0.25) is 0 Å². The molecule has 8 nitrogen and oxygen atoms in total. The van der Waals surface area contributed by atoms with Crippen LogP contribution >= 0.6 is 15.9 Å². The zero-order chi connectivity index (χ0) is 29.4. The highest BCUT2D eigenvalue weighted by Gasteiger charge is 2.33. The second kappa shape index (κ2) is 14.0. The van der Waals surface area contributed by atoms with Crippen molar-refractivity contribution in [1.29, 1.82) is 0 Å². The molecule has 41 heavy (non-hydrogen) atoms. The number of amides is 2. The van der Waals surface area contributed by atoms with Crippen molar-refractivity contribution in [1.82, 2.24) is 10.2 Å². The van der Waals surface area contributed by atoms with E-state index in [0.717, 1.165) is 40.0 Å². The minimum Gasteiger partial charge on any atom is -0.494 e. The Kier molecular flexibility index (Phi) is 10.4. The lowest BCUT2D eigenvalue weighted by Crippen LogP contribution is -2.52. The molecule has 3 aromatic rings. The summed E-state index contributed by atoms with van der Waals surface area (Å²) >= 11 is 3.43. The molecule has 4 rings (SSSR count). The van der Waals surface area contributed by atoms with E-state index >= 15 is 0 Å². The van der Waals surface area contributed by atoms with Crippen molar-refractivity contribution in [3.8, 4) is 5.75 Å². The zero-order valence-corrected chi connectivity index (χ0v) is 25.7. The fraction of sp³-hybridized carbons (Fsp3) is 0.355. The van der Waals surface area contributed by atoms with Crippen molar-refractivity contribution in [3.05, 3.63) is 88.9 Å². The molecule has 1 unspecified atom stereocenters. The van der Waals surface area contributed by atoms with Gasteiger partial charge in [0.25, 0.3) is 10.0 Å². The van der Waals surface area contributed by atoms with Gasteiger partial charge in [-0.05, 0) is 80.8 Å². The number of rotatable bonds is 12. The summed E-state index contributed by atoms with van der Waals surface area (Å²) in [5.41, 5.74) is 1.14. The summed E-state index contributed by atoms with van der Waals surface area (Å²) in [6, 6.07) is 21.4. The lowest BCUT2D eigenvalue weighted by atomic mass is 10.1. The topological polar surface area (TPSA) is 96.0 Å². The van der Waals surface area contributed by atoms with Crippen molar-refractivity contribution < 1.29 is 22.7 Å². The van der Waals surface area contributed by atoms with Crippen molar-refractivity contribution in [2.45, 2.75) is 63.1 Å². The number of carbonyl (C=O) groups is 2. The van der Waals surface area contributed by atoms with E-state index < -0.39 is 28.5 Å². The first kappa shape index (κ1) is 30.6. The first-order valence-electron chi connectivity index (χ1n) is 13.8. The Bertz CT molecular complexity index is 1410. The number of anilines is 1. The van der Waals surface area contributed by atoms with Gasteiger partial charge in [-0.15, -0.1) is 0 Å². The minimum atomic E-state index is -4.11. The number of benzene rings is 3. The van der Waals surface area contributed by atoms with E-state index in [1.54, 1.807) is 49.4 Å². The molecule has 1 atom stereocenters. The van der Waals surface area contributed by atoms with E-state index in [1.807, 2.05) is 31.2 Å². The SMILES string of the molecule is CCOc1ccc(N(CC(=O)N(Cc2ccc(Br)cc2)C(C)C(=O)NC2CCCC2)S(=O)(=O)c2ccccc2)cc1. The summed E-state index contributed by atoms with van der Waals surface area (Å²) in [5.74, 6) is -0.148. The van der Waals surface area contributed by atoms with Gasteiger partial charge in [0, 0.05) is 17.1 Å². The average molecular weight is 643 g/mol. The maximum absolute atomic E-state index is 14.0. The van der Waals surface area contributed by atoms with E-state index in [2.05, 4.69) is 21.2 Å². The third-order valence-corrected chi connectivity index (χ3v) is 9.50. The summed E-state index contributed by atoms with van der Waals surface area (Å²) in [5, 5.41) is 3.08. The predicted octanol–water partition coefficient (Wildman–Crippen LogP) is 5.52. The minimum absolute atomic E-state index is 0.0631. The van der Waals surface area contributed by atoms with Gasteiger partial charge in [-0.3, -0.25) is 13.9 Å². The first-order chi connectivity index (χ1) is 19.7. The number of halogens is 1. The average Bonchev–Trinajstić information content (AvgIpc) is 3.49. The molecule has 1 aliphatic rings. The van der Waals surface area contributed by atoms with Crippen molar-refractivity contribution in [2.75, 3.05) is 17.5 Å². The van der Waals surface area contributed by atoms with Crippen molar-refractivity contribution in [3.63, 3.8) is 0 Å². The second-order valence-corrected chi connectivity index (χ2v) is 12.8. The van der Waals surface area contributed by atoms with Crippen LogP contribution in [0.1, 0.15) is 45.1 Å². The molecule has 218 valence electrons. The summed E-state index contributed by atoms with van der Waals surface area (Å²) in [7, 11) is -4.11. The summed E-state index contributed by atoms with van der Waals surface area (Å²) < 4.78 is 35.3. The van der Waals surface area contributed by atoms with Crippen molar-refractivity contribution >= 4 is 43.5 Å². The normalized spacial score (nSPS) is 14.3.